The molecule has 1 heterocycles. The third-order valence-corrected chi connectivity index (χ3v) is 3.84. The van der Waals surface area contributed by atoms with Gasteiger partial charge >= 0.3 is 0 Å². The van der Waals surface area contributed by atoms with E-state index in [1.165, 1.54) is 38.9 Å². The number of piperidine rings is 1. The maximum atomic E-state index is 6.03. The van der Waals surface area contributed by atoms with Crippen LogP contribution in [0.4, 0.5) is 0 Å². The highest BCUT2D eigenvalue weighted by Gasteiger charge is 2.36. The Kier molecular flexibility index (Phi) is 5.03. The Balaban J connectivity index is 2.65. The van der Waals surface area contributed by atoms with E-state index in [0.717, 1.165) is 13.1 Å². The van der Waals surface area contributed by atoms with Crippen molar-refractivity contribution in [3.8, 4) is 0 Å². The van der Waals surface area contributed by atoms with Gasteiger partial charge in [-0.05, 0) is 52.5 Å². The Labute approximate surface area is 94.6 Å². The largest absolute Gasteiger partial charge is 0.329 e. The molecule has 0 spiro atoms. The second kappa shape index (κ2) is 5.83. The molecule has 1 rings (SSSR count). The van der Waals surface area contributed by atoms with E-state index < -0.39 is 0 Å². The predicted molar refractivity (Wildman–Crippen MR) is 66.1 cm³/mol. The average Bonchev–Trinajstić information content (AvgIpc) is 2.28. The van der Waals surface area contributed by atoms with Crippen LogP contribution in [-0.2, 0) is 0 Å². The Morgan fingerprint density at radius 2 is 1.87 bits per heavy atom. The number of nitrogens with two attached hydrogens (primary N) is 1. The van der Waals surface area contributed by atoms with E-state index in [-0.39, 0.29) is 5.54 Å². The highest BCUT2D eigenvalue weighted by atomic mass is 15.2. The van der Waals surface area contributed by atoms with Crippen LogP contribution in [0.25, 0.3) is 0 Å². The maximum absolute atomic E-state index is 6.03. The van der Waals surface area contributed by atoms with Crippen LogP contribution in [0.5, 0.6) is 0 Å². The summed E-state index contributed by atoms with van der Waals surface area (Å²) in [5, 5.41) is 0. The van der Waals surface area contributed by atoms with E-state index in [1.54, 1.807) is 0 Å². The highest BCUT2D eigenvalue weighted by molar-refractivity contribution is 4.95. The van der Waals surface area contributed by atoms with Gasteiger partial charge < -0.3 is 10.6 Å². The first kappa shape index (κ1) is 12.9. The van der Waals surface area contributed by atoms with Crippen LogP contribution in [0.2, 0.25) is 0 Å². The van der Waals surface area contributed by atoms with Crippen molar-refractivity contribution in [2.75, 3.05) is 39.8 Å². The summed E-state index contributed by atoms with van der Waals surface area (Å²) in [6.45, 7) is 10.0. The van der Waals surface area contributed by atoms with Crippen molar-refractivity contribution < 1.29 is 0 Å². The van der Waals surface area contributed by atoms with Gasteiger partial charge in [-0.2, -0.15) is 0 Å². The second-order valence-electron chi connectivity index (χ2n) is 4.81. The highest BCUT2D eigenvalue weighted by Crippen LogP contribution is 2.27. The van der Waals surface area contributed by atoms with Gasteiger partial charge in [0.2, 0.25) is 0 Å². The molecule has 0 aromatic heterocycles. The standard InChI is InChI=1S/C12H27N3/c1-4-8-15(5-2)12(11-13)6-9-14(3)10-7-12/h4-11,13H2,1-3H3. The van der Waals surface area contributed by atoms with E-state index in [4.69, 9.17) is 5.73 Å². The fourth-order valence-corrected chi connectivity index (χ4v) is 2.68. The lowest BCUT2D eigenvalue weighted by atomic mass is 9.85. The van der Waals surface area contributed by atoms with Gasteiger partial charge in [0.25, 0.3) is 0 Å². The van der Waals surface area contributed by atoms with Crippen LogP contribution >= 0.6 is 0 Å². The third kappa shape index (κ3) is 2.92. The summed E-state index contributed by atoms with van der Waals surface area (Å²) in [4.78, 5) is 5.01. The third-order valence-electron chi connectivity index (χ3n) is 3.84. The van der Waals surface area contributed by atoms with Crippen LogP contribution in [0, 0.1) is 0 Å². The van der Waals surface area contributed by atoms with Gasteiger partial charge in [-0.3, -0.25) is 4.90 Å². The predicted octanol–water partition coefficient (Wildman–Crippen LogP) is 1.14. The van der Waals surface area contributed by atoms with Crippen molar-refractivity contribution in [3.05, 3.63) is 0 Å². The van der Waals surface area contributed by atoms with Gasteiger partial charge in [-0.25, -0.2) is 0 Å². The fourth-order valence-electron chi connectivity index (χ4n) is 2.68. The van der Waals surface area contributed by atoms with Gasteiger partial charge in [0.15, 0.2) is 0 Å². The van der Waals surface area contributed by atoms with Crippen LogP contribution in [0.15, 0.2) is 0 Å². The zero-order valence-corrected chi connectivity index (χ0v) is 10.6. The average molecular weight is 213 g/mol. The van der Waals surface area contributed by atoms with Crippen LogP contribution in [-0.4, -0.2) is 55.1 Å². The summed E-state index contributed by atoms with van der Waals surface area (Å²) in [7, 11) is 2.20. The summed E-state index contributed by atoms with van der Waals surface area (Å²) in [5.74, 6) is 0. The zero-order valence-electron chi connectivity index (χ0n) is 10.6. The summed E-state index contributed by atoms with van der Waals surface area (Å²) in [6.07, 6.45) is 3.69. The van der Waals surface area contributed by atoms with Crippen molar-refractivity contribution in [3.63, 3.8) is 0 Å². The second-order valence-corrected chi connectivity index (χ2v) is 4.81. The van der Waals surface area contributed by atoms with E-state index in [1.807, 2.05) is 0 Å². The minimum absolute atomic E-state index is 0.289. The number of likely N-dealkylation sites (N-methyl/N-ethyl adjacent to an activating group) is 1. The summed E-state index contributed by atoms with van der Waals surface area (Å²) >= 11 is 0. The van der Waals surface area contributed by atoms with Crippen LogP contribution < -0.4 is 5.73 Å². The van der Waals surface area contributed by atoms with Gasteiger partial charge in [0, 0.05) is 12.1 Å². The molecule has 1 aliphatic rings. The maximum Gasteiger partial charge on any atom is 0.0355 e. The molecule has 0 amide bonds. The van der Waals surface area contributed by atoms with Crippen LogP contribution in [0.3, 0.4) is 0 Å². The SMILES string of the molecule is CCCN(CC)C1(CN)CCN(C)CC1. The number of hydrogen-bond acceptors (Lipinski definition) is 3. The molecule has 1 fully saturated rings. The normalized spacial score (nSPS) is 22.2. The molecule has 0 aromatic rings. The fraction of sp³-hybridized carbons (Fsp3) is 1.00. The number of likely N-dealkylation sites (tertiary alicyclic amines) is 1. The number of nitrogens with zero attached hydrogens (tertiary/aromatic N) is 2. The molecule has 0 unspecified atom stereocenters. The Hall–Kier alpha value is -0.120. The molecule has 0 bridgehead atoms. The van der Waals surface area contributed by atoms with Gasteiger partial charge in [-0.1, -0.05) is 13.8 Å². The first-order valence-electron chi connectivity index (χ1n) is 6.32. The molecule has 3 heteroatoms. The van der Waals surface area contributed by atoms with E-state index in [2.05, 4.69) is 30.7 Å². The van der Waals surface area contributed by atoms with E-state index in [9.17, 15) is 0 Å². The Bertz CT molecular complexity index is 174. The summed E-state index contributed by atoms with van der Waals surface area (Å²) in [5.41, 5.74) is 6.32. The topological polar surface area (TPSA) is 32.5 Å². The smallest absolute Gasteiger partial charge is 0.0355 e. The Morgan fingerprint density at radius 1 is 1.27 bits per heavy atom. The molecule has 0 saturated carbocycles. The molecule has 3 nitrogen and oxygen atoms in total. The van der Waals surface area contributed by atoms with Crippen LogP contribution in [0.1, 0.15) is 33.1 Å². The van der Waals surface area contributed by atoms with Crippen molar-refractivity contribution in [1.29, 1.82) is 0 Å². The molecule has 15 heavy (non-hydrogen) atoms. The molecule has 1 aliphatic heterocycles. The molecule has 90 valence electrons. The lowest BCUT2D eigenvalue weighted by Crippen LogP contribution is -2.59. The molecular formula is C12H27N3. The quantitative estimate of drug-likeness (QED) is 0.743. The van der Waals surface area contributed by atoms with Crippen molar-refractivity contribution in [2.24, 2.45) is 5.73 Å². The molecule has 0 aromatic carbocycles. The molecular weight excluding hydrogens is 186 g/mol. The monoisotopic (exact) mass is 213 g/mol. The first-order chi connectivity index (χ1) is 7.18. The van der Waals surface area contributed by atoms with Gasteiger partial charge in [0.1, 0.15) is 0 Å². The molecule has 1 saturated heterocycles. The molecule has 0 atom stereocenters. The van der Waals surface area contributed by atoms with Crippen molar-refractivity contribution >= 4 is 0 Å². The molecule has 2 N–H and O–H groups in total. The number of hydrogen-bond donors (Lipinski definition) is 1. The van der Waals surface area contributed by atoms with Crippen molar-refractivity contribution in [1.82, 2.24) is 9.80 Å². The number of rotatable bonds is 5. The molecule has 0 radical (unpaired) electrons. The summed E-state index contributed by atoms with van der Waals surface area (Å²) < 4.78 is 0. The Morgan fingerprint density at radius 3 is 2.27 bits per heavy atom. The lowest BCUT2D eigenvalue weighted by Gasteiger charge is -2.47. The zero-order chi connectivity index (χ0) is 11.3. The van der Waals surface area contributed by atoms with E-state index in [0.29, 0.717) is 0 Å². The summed E-state index contributed by atoms with van der Waals surface area (Å²) in [6, 6.07) is 0. The van der Waals surface area contributed by atoms with E-state index >= 15 is 0 Å². The first-order valence-corrected chi connectivity index (χ1v) is 6.32. The molecule has 0 aliphatic carbocycles. The lowest BCUT2D eigenvalue weighted by molar-refractivity contribution is 0.0376. The van der Waals surface area contributed by atoms with Gasteiger partial charge in [0.05, 0.1) is 0 Å². The van der Waals surface area contributed by atoms with Gasteiger partial charge in [-0.15, -0.1) is 0 Å². The van der Waals surface area contributed by atoms with Crippen molar-refractivity contribution in [2.45, 2.75) is 38.6 Å². The minimum Gasteiger partial charge on any atom is -0.329 e. The minimum atomic E-state index is 0.289.